The molecule has 6 heteroatoms. The third-order valence-corrected chi connectivity index (χ3v) is 3.90. The predicted octanol–water partition coefficient (Wildman–Crippen LogP) is 2.55. The van der Waals surface area contributed by atoms with E-state index in [4.69, 9.17) is 14.8 Å². The third-order valence-electron chi connectivity index (χ3n) is 3.90. The molecule has 2 heterocycles. The van der Waals surface area contributed by atoms with E-state index in [0.29, 0.717) is 5.92 Å². The van der Waals surface area contributed by atoms with Gasteiger partial charge in [0.2, 0.25) is 0 Å². The van der Waals surface area contributed by atoms with Crippen molar-refractivity contribution in [2.75, 3.05) is 7.11 Å². The summed E-state index contributed by atoms with van der Waals surface area (Å²) in [5.74, 6) is 3.83. The van der Waals surface area contributed by atoms with Gasteiger partial charge in [-0.25, -0.2) is 14.6 Å². The van der Waals surface area contributed by atoms with Crippen LogP contribution in [0.25, 0.3) is 17.3 Å². The molecule has 1 aliphatic rings. The topological polar surface area (TPSA) is 57.8 Å². The lowest BCUT2D eigenvalue weighted by atomic mass is 10.3. The van der Waals surface area contributed by atoms with Crippen molar-refractivity contribution in [1.29, 1.82) is 0 Å². The smallest absolute Gasteiger partial charge is 0.199 e. The lowest BCUT2D eigenvalue weighted by Crippen LogP contribution is -2.03. The van der Waals surface area contributed by atoms with Crippen LogP contribution in [0.5, 0.6) is 5.75 Å². The Kier molecular flexibility index (Phi) is 2.96. The van der Waals surface area contributed by atoms with Crippen LogP contribution in [0.2, 0.25) is 0 Å². The SMILES string of the molecule is COc1ccc(-n2nc(C3CC3)nc2-c2nccn2C)cc1. The molecule has 1 fully saturated rings. The maximum atomic E-state index is 5.22. The first-order valence-corrected chi connectivity index (χ1v) is 7.35. The van der Waals surface area contributed by atoms with Gasteiger partial charge in [-0.3, -0.25) is 0 Å². The van der Waals surface area contributed by atoms with Gasteiger partial charge in [0.05, 0.1) is 12.8 Å². The highest BCUT2D eigenvalue weighted by Crippen LogP contribution is 2.39. The van der Waals surface area contributed by atoms with Crippen LogP contribution in [0.4, 0.5) is 0 Å². The molecule has 0 radical (unpaired) electrons. The van der Waals surface area contributed by atoms with E-state index in [9.17, 15) is 0 Å². The van der Waals surface area contributed by atoms with Gasteiger partial charge < -0.3 is 9.30 Å². The number of ether oxygens (including phenoxy) is 1. The summed E-state index contributed by atoms with van der Waals surface area (Å²) in [4.78, 5) is 9.15. The van der Waals surface area contributed by atoms with Crippen LogP contribution in [0, 0.1) is 0 Å². The summed E-state index contributed by atoms with van der Waals surface area (Å²) in [5, 5.41) is 4.71. The molecule has 0 amide bonds. The third kappa shape index (κ3) is 2.16. The van der Waals surface area contributed by atoms with E-state index >= 15 is 0 Å². The Morgan fingerprint density at radius 2 is 1.91 bits per heavy atom. The standard InChI is InChI=1S/C16H17N5O/c1-20-10-9-17-15(20)16-18-14(11-3-4-11)19-21(16)12-5-7-13(22-2)8-6-12/h5-11H,3-4H2,1-2H3. The fraction of sp³-hybridized carbons (Fsp3) is 0.312. The molecule has 1 aliphatic carbocycles. The summed E-state index contributed by atoms with van der Waals surface area (Å²) in [5.41, 5.74) is 0.957. The minimum absolute atomic E-state index is 0.499. The fourth-order valence-electron chi connectivity index (χ4n) is 2.47. The van der Waals surface area contributed by atoms with Crippen molar-refractivity contribution in [1.82, 2.24) is 24.3 Å². The zero-order valence-electron chi connectivity index (χ0n) is 12.6. The van der Waals surface area contributed by atoms with Crippen LogP contribution in [-0.2, 0) is 7.05 Å². The van der Waals surface area contributed by atoms with Crippen molar-refractivity contribution in [3.8, 4) is 23.1 Å². The van der Waals surface area contributed by atoms with E-state index in [2.05, 4.69) is 4.98 Å². The number of hydrogen-bond donors (Lipinski definition) is 0. The second-order valence-electron chi connectivity index (χ2n) is 5.54. The maximum absolute atomic E-state index is 5.22. The highest BCUT2D eigenvalue weighted by molar-refractivity contribution is 5.51. The van der Waals surface area contributed by atoms with Gasteiger partial charge in [-0.1, -0.05) is 0 Å². The normalized spacial score (nSPS) is 14.3. The van der Waals surface area contributed by atoms with Gasteiger partial charge in [-0.15, -0.1) is 0 Å². The Bertz CT molecular complexity index is 798. The molecule has 3 aromatic rings. The van der Waals surface area contributed by atoms with Crippen molar-refractivity contribution >= 4 is 0 Å². The minimum atomic E-state index is 0.499. The van der Waals surface area contributed by atoms with E-state index in [1.54, 1.807) is 13.3 Å². The Hall–Kier alpha value is -2.63. The summed E-state index contributed by atoms with van der Waals surface area (Å²) >= 11 is 0. The highest BCUT2D eigenvalue weighted by Gasteiger charge is 2.30. The first kappa shape index (κ1) is 13.1. The Balaban J connectivity index is 1.84. The second kappa shape index (κ2) is 4.98. The van der Waals surface area contributed by atoms with E-state index in [0.717, 1.165) is 28.9 Å². The second-order valence-corrected chi connectivity index (χ2v) is 5.54. The largest absolute Gasteiger partial charge is 0.497 e. The average molecular weight is 295 g/mol. The van der Waals surface area contributed by atoms with Crippen LogP contribution < -0.4 is 4.74 Å². The fourth-order valence-corrected chi connectivity index (χ4v) is 2.47. The molecule has 4 rings (SSSR count). The number of aromatic nitrogens is 5. The van der Waals surface area contributed by atoms with Gasteiger partial charge >= 0.3 is 0 Å². The molecule has 0 atom stereocenters. The van der Waals surface area contributed by atoms with Crippen LogP contribution >= 0.6 is 0 Å². The van der Waals surface area contributed by atoms with Crippen LogP contribution in [0.15, 0.2) is 36.7 Å². The number of rotatable bonds is 4. The molecule has 22 heavy (non-hydrogen) atoms. The molecule has 2 aromatic heterocycles. The van der Waals surface area contributed by atoms with Gasteiger partial charge in [0.15, 0.2) is 17.5 Å². The van der Waals surface area contributed by atoms with Crippen molar-refractivity contribution in [3.63, 3.8) is 0 Å². The summed E-state index contributed by atoms with van der Waals surface area (Å²) < 4.78 is 9.05. The molecule has 0 bridgehead atoms. The molecule has 0 aliphatic heterocycles. The quantitative estimate of drug-likeness (QED) is 0.742. The Morgan fingerprint density at radius 1 is 1.14 bits per heavy atom. The lowest BCUT2D eigenvalue weighted by Gasteiger charge is -2.06. The summed E-state index contributed by atoms with van der Waals surface area (Å²) in [6.45, 7) is 0. The lowest BCUT2D eigenvalue weighted by molar-refractivity contribution is 0.414. The first-order valence-electron chi connectivity index (χ1n) is 7.35. The minimum Gasteiger partial charge on any atom is -0.497 e. The van der Waals surface area contributed by atoms with Crippen molar-refractivity contribution < 1.29 is 4.74 Å². The molecule has 0 saturated heterocycles. The molecule has 6 nitrogen and oxygen atoms in total. The molecule has 0 unspecified atom stereocenters. The number of methoxy groups -OCH3 is 1. The summed E-state index contributed by atoms with van der Waals surface area (Å²) in [6.07, 6.45) is 6.04. The number of nitrogens with zero attached hydrogens (tertiary/aromatic N) is 5. The van der Waals surface area contributed by atoms with Crippen LogP contribution in [0.1, 0.15) is 24.6 Å². The first-order chi connectivity index (χ1) is 10.8. The van der Waals surface area contributed by atoms with E-state index in [1.807, 2.05) is 46.8 Å². The van der Waals surface area contributed by atoms with E-state index in [-0.39, 0.29) is 0 Å². The molecular formula is C16H17N5O. The molecule has 112 valence electrons. The molecule has 1 aromatic carbocycles. The highest BCUT2D eigenvalue weighted by atomic mass is 16.5. The number of benzene rings is 1. The summed E-state index contributed by atoms with van der Waals surface area (Å²) in [6, 6.07) is 7.82. The van der Waals surface area contributed by atoms with Crippen molar-refractivity contribution in [2.45, 2.75) is 18.8 Å². The molecule has 0 spiro atoms. The zero-order chi connectivity index (χ0) is 15.1. The predicted molar refractivity (Wildman–Crippen MR) is 82.1 cm³/mol. The van der Waals surface area contributed by atoms with Crippen LogP contribution in [0.3, 0.4) is 0 Å². The molecular weight excluding hydrogens is 278 g/mol. The van der Waals surface area contributed by atoms with Gasteiger partial charge in [-0.2, -0.15) is 5.10 Å². The Morgan fingerprint density at radius 3 is 2.50 bits per heavy atom. The van der Waals surface area contributed by atoms with E-state index in [1.165, 1.54) is 12.8 Å². The maximum Gasteiger partial charge on any atom is 0.199 e. The van der Waals surface area contributed by atoms with Gasteiger partial charge in [-0.05, 0) is 37.1 Å². The zero-order valence-corrected chi connectivity index (χ0v) is 12.6. The summed E-state index contributed by atoms with van der Waals surface area (Å²) in [7, 11) is 3.63. The number of hydrogen-bond acceptors (Lipinski definition) is 4. The van der Waals surface area contributed by atoms with Gasteiger partial charge in [0, 0.05) is 25.4 Å². The Labute approximate surface area is 128 Å². The number of aryl methyl sites for hydroxylation is 1. The molecule has 1 saturated carbocycles. The van der Waals surface area contributed by atoms with Gasteiger partial charge in [0.25, 0.3) is 0 Å². The monoisotopic (exact) mass is 295 g/mol. The van der Waals surface area contributed by atoms with Crippen LogP contribution in [-0.4, -0.2) is 31.4 Å². The average Bonchev–Trinajstić information content (AvgIpc) is 3.17. The van der Waals surface area contributed by atoms with Crippen molar-refractivity contribution in [2.24, 2.45) is 7.05 Å². The van der Waals surface area contributed by atoms with Gasteiger partial charge in [0.1, 0.15) is 5.75 Å². The van der Waals surface area contributed by atoms with Crippen molar-refractivity contribution in [3.05, 3.63) is 42.5 Å². The molecule has 0 N–H and O–H groups in total. The van der Waals surface area contributed by atoms with E-state index < -0.39 is 0 Å². The number of imidazole rings is 1.